The summed E-state index contributed by atoms with van der Waals surface area (Å²) in [4.78, 5) is 27.0. The number of hydrogen-bond donors (Lipinski definition) is 1. The molecule has 0 fully saturated rings. The predicted molar refractivity (Wildman–Crippen MR) is 179 cm³/mol. The number of hydrogen-bond acceptors (Lipinski definition) is 10. The van der Waals surface area contributed by atoms with Crippen LogP contribution in [-0.2, 0) is 38.9 Å². The maximum atomic E-state index is 13.3. The second-order valence-corrected chi connectivity index (χ2v) is 12.2. The Morgan fingerprint density at radius 3 is 1.53 bits per heavy atom. The molecule has 0 unspecified atom stereocenters. The van der Waals surface area contributed by atoms with Crippen molar-refractivity contribution < 1.29 is 23.7 Å². The molecule has 0 radical (unpaired) electrons. The maximum Gasteiger partial charge on any atom is 0.311 e. The first kappa shape index (κ1) is 35.5. The fourth-order valence-corrected chi connectivity index (χ4v) is 6.00. The Kier molecular flexibility index (Phi) is 12.1. The van der Waals surface area contributed by atoms with Crippen molar-refractivity contribution in [1.82, 2.24) is 14.7 Å². The van der Waals surface area contributed by atoms with Gasteiger partial charge in [0.05, 0.1) is 28.7 Å². The highest BCUT2D eigenvalue weighted by Gasteiger charge is 2.23. The molecule has 0 aromatic heterocycles. The van der Waals surface area contributed by atoms with Crippen LogP contribution in [0.5, 0.6) is 11.5 Å². The monoisotopic (exact) mass is 652 g/mol. The molecular formula is C34H45FN6O6. The van der Waals surface area contributed by atoms with E-state index in [9.17, 15) is 24.6 Å². The average Bonchev–Trinajstić information content (AvgIpc) is 3.02. The SMILES string of the molecule is CCOc1cc2c(cc1N)CN(C)CC2.CCOc1cc2c(cc1[N+](=O)[O-])CN(C)CC2.CN1CCc2cc(F)c([N+](=O)[O-])cc2C1. The van der Waals surface area contributed by atoms with Crippen LogP contribution in [-0.4, -0.2) is 78.5 Å². The smallest absolute Gasteiger partial charge is 0.311 e. The number of rotatable bonds is 6. The van der Waals surface area contributed by atoms with Crippen LogP contribution in [0, 0.1) is 26.0 Å². The van der Waals surface area contributed by atoms with Gasteiger partial charge in [0.15, 0.2) is 5.75 Å². The van der Waals surface area contributed by atoms with Crippen LogP contribution < -0.4 is 15.2 Å². The topological polar surface area (TPSA) is 140 Å². The van der Waals surface area contributed by atoms with Crippen LogP contribution in [0.1, 0.15) is 47.2 Å². The number of anilines is 1. The lowest BCUT2D eigenvalue weighted by molar-refractivity contribution is -0.387. The number of nitro benzene ring substituents is 2. The summed E-state index contributed by atoms with van der Waals surface area (Å²) < 4.78 is 24.1. The third kappa shape index (κ3) is 9.15. The first-order valence-electron chi connectivity index (χ1n) is 15.9. The van der Waals surface area contributed by atoms with Gasteiger partial charge in [0.1, 0.15) is 5.75 Å². The third-order valence-electron chi connectivity index (χ3n) is 8.48. The van der Waals surface area contributed by atoms with Gasteiger partial charge in [-0.2, -0.15) is 4.39 Å². The van der Waals surface area contributed by atoms with E-state index < -0.39 is 16.4 Å². The number of nitrogens with zero attached hydrogens (tertiary/aromatic N) is 5. The lowest BCUT2D eigenvalue weighted by atomic mass is 9.99. The van der Waals surface area contributed by atoms with Crippen molar-refractivity contribution in [1.29, 1.82) is 0 Å². The molecular weight excluding hydrogens is 607 g/mol. The molecule has 0 bridgehead atoms. The third-order valence-corrected chi connectivity index (χ3v) is 8.48. The minimum absolute atomic E-state index is 0.0703. The van der Waals surface area contributed by atoms with Crippen LogP contribution in [0.4, 0.5) is 21.5 Å². The Morgan fingerprint density at radius 2 is 1.06 bits per heavy atom. The van der Waals surface area contributed by atoms with Gasteiger partial charge >= 0.3 is 11.4 Å². The van der Waals surface area contributed by atoms with Gasteiger partial charge in [-0.1, -0.05) is 0 Å². The number of nitrogens with two attached hydrogens (primary N) is 1. The molecule has 0 spiro atoms. The van der Waals surface area contributed by atoms with Crippen LogP contribution in [0.25, 0.3) is 0 Å². The summed E-state index contributed by atoms with van der Waals surface area (Å²) in [7, 11) is 6.10. The summed E-state index contributed by atoms with van der Waals surface area (Å²) in [5, 5.41) is 21.5. The van der Waals surface area contributed by atoms with E-state index >= 15 is 0 Å². The first-order valence-corrected chi connectivity index (χ1v) is 15.9. The highest BCUT2D eigenvalue weighted by Crippen LogP contribution is 2.33. The summed E-state index contributed by atoms with van der Waals surface area (Å²) in [6, 6.07) is 10.3. The van der Waals surface area contributed by atoms with Crippen molar-refractivity contribution in [2.24, 2.45) is 0 Å². The van der Waals surface area contributed by atoms with Gasteiger partial charge in [-0.05, 0) is 112 Å². The summed E-state index contributed by atoms with van der Waals surface area (Å²) in [6.07, 6.45) is 2.76. The number of ether oxygens (including phenoxy) is 2. The molecule has 3 aliphatic heterocycles. The molecule has 13 heteroatoms. The summed E-state index contributed by atoms with van der Waals surface area (Å²) in [5.74, 6) is 0.491. The van der Waals surface area contributed by atoms with Gasteiger partial charge in [-0.25, -0.2) is 0 Å². The highest BCUT2D eigenvalue weighted by molar-refractivity contribution is 5.57. The minimum atomic E-state index is -0.733. The number of benzene rings is 3. The van der Waals surface area contributed by atoms with E-state index in [1.165, 1.54) is 23.3 Å². The Bertz CT molecular complexity index is 1600. The summed E-state index contributed by atoms with van der Waals surface area (Å²) in [6.45, 7) is 10.3. The second-order valence-electron chi connectivity index (χ2n) is 12.2. The van der Waals surface area contributed by atoms with E-state index in [4.69, 9.17) is 15.2 Å². The van der Waals surface area contributed by atoms with Gasteiger partial charge in [-0.3, -0.25) is 20.2 Å². The average molecular weight is 653 g/mol. The summed E-state index contributed by atoms with van der Waals surface area (Å²) >= 11 is 0. The highest BCUT2D eigenvalue weighted by atomic mass is 19.1. The standard InChI is InChI=1S/C12H16N2O3.C12H18N2O.C10H11FN2O2/c1-3-17-12-7-9-4-5-13(2)8-10(9)6-11(12)14(15)16;1-3-15-12-7-9-4-5-14(2)8-10(9)6-11(12)13;1-12-3-2-7-4-9(11)10(13(14)15)5-8(7)6-12/h6-7H,3-5,8H2,1-2H3;6-7H,3-5,8,13H2,1-2H3;4-5H,2-3,6H2,1H3. The lowest BCUT2D eigenvalue weighted by Crippen LogP contribution is -2.26. The van der Waals surface area contributed by atoms with Crippen LogP contribution in [0.3, 0.4) is 0 Å². The van der Waals surface area contributed by atoms with Crippen LogP contribution >= 0.6 is 0 Å². The minimum Gasteiger partial charge on any atom is -0.492 e. The zero-order chi connectivity index (χ0) is 34.2. The van der Waals surface area contributed by atoms with E-state index in [1.807, 2.05) is 34.0 Å². The van der Waals surface area contributed by atoms with E-state index in [0.29, 0.717) is 25.5 Å². The molecule has 0 atom stereocenters. The lowest BCUT2D eigenvalue weighted by Gasteiger charge is -2.25. The summed E-state index contributed by atoms with van der Waals surface area (Å²) in [5.41, 5.74) is 13.0. The van der Waals surface area contributed by atoms with Gasteiger partial charge in [-0.15, -0.1) is 0 Å². The normalized spacial score (nSPS) is 15.9. The zero-order valence-corrected chi connectivity index (χ0v) is 27.9. The molecule has 3 heterocycles. The number of nitro groups is 2. The molecule has 0 amide bonds. The first-order chi connectivity index (χ1) is 22.4. The van der Waals surface area contributed by atoms with E-state index in [1.54, 1.807) is 6.07 Å². The Morgan fingerprint density at radius 1 is 0.660 bits per heavy atom. The van der Waals surface area contributed by atoms with Crippen molar-refractivity contribution in [3.63, 3.8) is 0 Å². The second kappa shape index (κ2) is 16.0. The van der Waals surface area contributed by atoms with Gasteiger partial charge < -0.3 is 29.9 Å². The molecule has 12 nitrogen and oxygen atoms in total. The molecule has 0 aliphatic carbocycles. The van der Waals surface area contributed by atoms with Crippen LogP contribution in [0.2, 0.25) is 0 Å². The predicted octanol–water partition coefficient (Wildman–Crippen LogP) is 5.36. The fourth-order valence-electron chi connectivity index (χ4n) is 6.00. The van der Waals surface area contributed by atoms with Crippen molar-refractivity contribution in [3.05, 3.63) is 95.8 Å². The Hall–Kier alpha value is -4.33. The number of halogens is 1. The molecule has 47 heavy (non-hydrogen) atoms. The van der Waals surface area contributed by atoms with E-state index in [2.05, 4.69) is 33.9 Å². The Balaban J connectivity index is 0.000000160. The van der Waals surface area contributed by atoms with Crippen molar-refractivity contribution in [3.8, 4) is 11.5 Å². The van der Waals surface area contributed by atoms with Crippen LogP contribution in [0.15, 0.2) is 36.4 Å². The largest absolute Gasteiger partial charge is 0.492 e. The molecule has 3 aromatic rings. The molecule has 6 rings (SSSR count). The number of likely N-dealkylation sites (N-methyl/N-ethyl adjacent to an activating group) is 3. The number of nitrogen functional groups attached to an aromatic ring is 1. The van der Waals surface area contributed by atoms with Crippen molar-refractivity contribution >= 4 is 17.1 Å². The van der Waals surface area contributed by atoms with E-state index in [0.717, 1.165) is 85.7 Å². The fraction of sp³-hybridized carbons (Fsp3) is 0.471. The molecule has 0 saturated heterocycles. The maximum absolute atomic E-state index is 13.3. The van der Waals surface area contributed by atoms with Gasteiger partial charge in [0.2, 0.25) is 5.82 Å². The van der Waals surface area contributed by atoms with Gasteiger partial charge in [0.25, 0.3) is 0 Å². The Labute approximate surface area is 275 Å². The van der Waals surface area contributed by atoms with Gasteiger partial charge in [0, 0.05) is 51.4 Å². The molecule has 3 aromatic carbocycles. The molecule has 0 saturated carbocycles. The quantitative estimate of drug-likeness (QED) is 0.210. The van der Waals surface area contributed by atoms with Crippen molar-refractivity contribution in [2.75, 3.05) is 59.7 Å². The molecule has 2 N–H and O–H groups in total. The zero-order valence-electron chi connectivity index (χ0n) is 27.9. The number of fused-ring (bicyclic) bond motifs is 3. The molecule has 3 aliphatic rings. The van der Waals surface area contributed by atoms with Crippen molar-refractivity contribution in [2.45, 2.75) is 52.7 Å². The molecule has 254 valence electrons. The van der Waals surface area contributed by atoms with E-state index in [-0.39, 0.29) is 10.6 Å².